The van der Waals surface area contributed by atoms with E-state index in [1.165, 1.54) is 17.7 Å². The minimum absolute atomic E-state index is 0.213. The number of furan rings is 1. The van der Waals surface area contributed by atoms with Crippen LogP contribution in [0.3, 0.4) is 0 Å². The highest BCUT2D eigenvalue weighted by Crippen LogP contribution is 2.16. The van der Waals surface area contributed by atoms with Gasteiger partial charge in [-0.3, -0.25) is 9.58 Å². The van der Waals surface area contributed by atoms with E-state index in [2.05, 4.69) is 16.9 Å². The lowest BCUT2D eigenvalue weighted by Crippen LogP contribution is -2.22. The fourth-order valence-corrected chi connectivity index (χ4v) is 2.58. The number of hydrogen-bond donors (Lipinski definition) is 0. The van der Waals surface area contributed by atoms with Crippen LogP contribution < -0.4 is 0 Å². The van der Waals surface area contributed by atoms with Crippen LogP contribution in [0.1, 0.15) is 22.6 Å². The Kier molecular flexibility index (Phi) is 4.57. The largest absolute Gasteiger partial charge is 0.468 e. The van der Waals surface area contributed by atoms with E-state index < -0.39 is 0 Å². The zero-order chi connectivity index (χ0) is 16.2. The molecular weight excluding hydrogens is 293 g/mol. The van der Waals surface area contributed by atoms with Gasteiger partial charge in [0.05, 0.1) is 19.0 Å². The Morgan fingerprint density at radius 1 is 1.13 bits per heavy atom. The number of halogens is 1. The predicted molar refractivity (Wildman–Crippen MR) is 86.0 cm³/mol. The smallest absolute Gasteiger partial charge is 0.123 e. The summed E-state index contributed by atoms with van der Waals surface area (Å²) in [7, 11) is 1.94. The van der Waals surface area contributed by atoms with Crippen molar-refractivity contribution in [1.29, 1.82) is 0 Å². The third-order valence-corrected chi connectivity index (χ3v) is 4.01. The fourth-order valence-electron chi connectivity index (χ4n) is 2.58. The van der Waals surface area contributed by atoms with Gasteiger partial charge in [-0.2, -0.15) is 5.10 Å². The van der Waals surface area contributed by atoms with Crippen LogP contribution in [0.15, 0.2) is 53.3 Å². The van der Waals surface area contributed by atoms with E-state index >= 15 is 0 Å². The maximum absolute atomic E-state index is 13.1. The van der Waals surface area contributed by atoms with Crippen LogP contribution in [0.25, 0.3) is 0 Å². The van der Waals surface area contributed by atoms with Gasteiger partial charge in [0.2, 0.25) is 0 Å². The Labute approximate surface area is 135 Å². The second-order valence-electron chi connectivity index (χ2n) is 5.73. The molecule has 4 nitrogen and oxygen atoms in total. The number of aryl methyl sites for hydroxylation is 1. The fraction of sp³-hybridized carbons (Fsp3) is 0.278. The average molecular weight is 313 g/mol. The quantitative estimate of drug-likeness (QED) is 0.696. The summed E-state index contributed by atoms with van der Waals surface area (Å²) in [4.78, 5) is 2.26. The van der Waals surface area contributed by atoms with Gasteiger partial charge in [-0.25, -0.2) is 4.39 Å². The summed E-state index contributed by atoms with van der Waals surface area (Å²) in [5, 5.41) is 4.30. The molecule has 0 saturated carbocycles. The van der Waals surface area contributed by atoms with E-state index in [-0.39, 0.29) is 5.82 Å². The lowest BCUT2D eigenvalue weighted by molar-refractivity contribution is 0.226. The molecule has 23 heavy (non-hydrogen) atoms. The van der Waals surface area contributed by atoms with Crippen molar-refractivity contribution in [1.82, 2.24) is 14.7 Å². The molecule has 0 atom stereocenters. The molecule has 3 rings (SSSR count). The van der Waals surface area contributed by atoms with Crippen LogP contribution in [0.5, 0.6) is 0 Å². The first-order valence-corrected chi connectivity index (χ1v) is 7.58. The van der Waals surface area contributed by atoms with Crippen molar-refractivity contribution in [2.75, 3.05) is 0 Å². The van der Waals surface area contributed by atoms with Gasteiger partial charge in [0.25, 0.3) is 0 Å². The van der Waals surface area contributed by atoms with Gasteiger partial charge in [0, 0.05) is 31.4 Å². The molecule has 0 unspecified atom stereocenters. The van der Waals surface area contributed by atoms with Crippen molar-refractivity contribution in [2.24, 2.45) is 7.05 Å². The summed E-state index contributed by atoms with van der Waals surface area (Å²) in [6, 6.07) is 10.5. The second-order valence-corrected chi connectivity index (χ2v) is 5.73. The minimum Gasteiger partial charge on any atom is -0.468 e. The summed E-state index contributed by atoms with van der Waals surface area (Å²) in [6.07, 6.45) is 3.58. The molecule has 1 aromatic carbocycles. The van der Waals surface area contributed by atoms with E-state index in [4.69, 9.17) is 4.42 Å². The standard InChI is InChI=1S/C18H20FN3O/c1-14-16(10-20-21(14)2)12-22(13-18-4-3-9-23-18)11-15-5-7-17(19)8-6-15/h3-10H,11-13H2,1-2H3. The van der Waals surface area contributed by atoms with Gasteiger partial charge < -0.3 is 4.42 Å². The Morgan fingerprint density at radius 3 is 2.52 bits per heavy atom. The molecule has 0 fully saturated rings. The van der Waals surface area contributed by atoms with Crippen LogP contribution in [0, 0.1) is 12.7 Å². The lowest BCUT2D eigenvalue weighted by Gasteiger charge is -2.21. The molecule has 0 radical (unpaired) electrons. The van der Waals surface area contributed by atoms with Crippen LogP contribution in [0.4, 0.5) is 4.39 Å². The molecule has 0 bridgehead atoms. The van der Waals surface area contributed by atoms with Crippen LogP contribution in [-0.4, -0.2) is 14.7 Å². The molecule has 0 saturated heterocycles. The molecule has 0 aliphatic carbocycles. The van der Waals surface area contributed by atoms with E-state index in [1.54, 1.807) is 6.26 Å². The summed E-state index contributed by atoms with van der Waals surface area (Å²) in [5.74, 6) is 0.697. The summed E-state index contributed by atoms with van der Waals surface area (Å²) in [6.45, 7) is 4.23. The normalized spacial score (nSPS) is 11.3. The zero-order valence-corrected chi connectivity index (χ0v) is 13.4. The molecule has 0 N–H and O–H groups in total. The van der Waals surface area contributed by atoms with Gasteiger partial charge in [-0.05, 0) is 36.8 Å². The average Bonchev–Trinajstić information content (AvgIpc) is 3.15. The predicted octanol–water partition coefficient (Wildman–Crippen LogP) is 3.66. The molecule has 3 aromatic rings. The Bertz CT molecular complexity index is 747. The number of aromatic nitrogens is 2. The molecule has 2 aromatic heterocycles. The van der Waals surface area contributed by atoms with Crippen molar-refractivity contribution < 1.29 is 8.81 Å². The number of nitrogens with zero attached hydrogens (tertiary/aromatic N) is 3. The Balaban J connectivity index is 1.78. The maximum Gasteiger partial charge on any atom is 0.123 e. The summed E-state index contributed by atoms with van der Waals surface area (Å²) < 4.78 is 20.4. The van der Waals surface area contributed by atoms with Crippen LogP contribution in [0.2, 0.25) is 0 Å². The van der Waals surface area contributed by atoms with E-state index in [9.17, 15) is 4.39 Å². The van der Waals surface area contributed by atoms with Gasteiger partial charge >= 0.3 is 0 Å². The lowest BCUT2D eigenvalue weighted by atomic mass is 10.1. The molecule has 0 spiro atoms. The monoisotopic (exact) mass is 313 g/mol. The number of hydrogen-bond acceptors (Lipinski definition) is 3. The minimum atomic E-state index is -0.213. The van der Waals surface area contributed by atoms with Gasteiger partial charge in [-0.1, -0.05) is 12.1 Å². The van der Waals surface area contributed by atoms with E-state index in [1.807, 2.05) is 42.2 Å². The first kappa shape index (κ1) is 15.5. The summed E-state index contributed by atoms with van der Waals surface area (Å²) >= 11 is 0. The van der Waals surface area contributed by atoms with Crippen molar-refractivity contribution >= 4 is 0 Å². The van der Waals surface area contributed by atoms with Gasteiger partial charge in [0.15, 0.2) is 0 Å². The topological polar surface area (TPSA) is 34.2 Å². The van der Waals surface area contributed by atoms with Gasteiger partial charge in [0.1, 0.15) is 11.6 Å². The highest BCUT2D eigenvalue weighted by atomic mass is 19.1. The Hall–Kier alpha value is -2.40. The zero-order valence-electron chi connectivity index (χ0n) is 13.4. The van der Waals surface area contributed by atoms with Crippen LogP contribution >= 0.6 is 0 Å². The van der Waals surface area contributed by atoms with Gasteiger partial charge in [-0.15, -0.1) is 0 Å². The van der Waals surface area contributed by atoms with Crippen LogP contribution in [-0.2, 0) is 26.7 Å². The molecule has 0 aliphatic heterocycles. The molecule has 5 heteroatoms. The SMILES string of the molecule is Cc1c(CN(Cc2ccc(F)cc2)Cc2ccco2)cnn1C. The van der Waals surface area contributed by atoms with E-state index in [0.717, 1.165) is 30.1 Å². The van der Waals surface area contributed by atoms with Crippen molar-refractivity contribution in [3.63, 3.8) is 0 Å². The molecular formula is C18H20FN3O. The highest BCUT2D eigenvalue weighted by Gasteiger charge is 2.13. The first-order valence-electron chi connectivity index (χ1n) is 7.58. The number of rotatable bonds is 6. The Morgan fingerprint density at radius 2 is 1.91 bits per heavy atom. The first-order chi connectivity index (χ1) is 11.1. The second kappa shape index (κ2) is 6.79. The maximum atomic E-state index is 13.1. The third-order valence-electron chi connectivity index (χ3n) is 4.01. The van der Waals surface area contributed by atoms with Crippen molar-refractivity contribution in [2.45, 2.75) is 26.6 Å². The molecule has 2 heterocycles. The third kappa shape index (κ3) is 3.87. The molecule has 120 valence electrons. The van der Waals surface area contributed by atoms with Crippen molar-refractivity contribution in [3.05, 3.63) is 77.3 Å². The van der Waals surface area contributed by atoms with E-state index in [0.29, 0.717) is 6.54 Å². The summed E-state index contributed by atoms with van der Waals surface area (Å²) in [5.41, 5.74) is 3.40. The molecule has 0 aliphatic rings. The molecule has 0 amide bonds. The van der Waals surface area contributed by atoms with Crippen molar-refractivity contribution in [3.8, 4) is 0 Å². The number of benzene rings is 1. The highest BCUT2D eigenvalue weighted by molar-refractivity contribution is 5.18.